The average Bonchev–Trinajstić information content (AvgIpc) is 3.04. The van der Waals surface area contributed by atoms with E-state index in [1.165, 1.54) is 0 Å². The monoisotopic (exact) mass is 342 g/mol. The summed E-state index contributed by atoms with van der Waals surface area (Å²) in [6, 6.07) is 16.0. The van der Waals surface area contributed by atoms with Gasteiger partial charge in [0.1, 0.15) is 17.3 Å². The molecule has 0 saturated heterocycles. The van der Waals surface area contributed by atoms with Gasteiger partial charge in [-0.05, 0) is 24.3 Å². The zero-order chi connectivity index (χ0) is 16.7. The number of ether oxygens (including phenoxy) is 1. The Morgan fingerprint density at radius 3 is 2.50 bits per heavy atom. The van der Waals surface area contributed by atoms with Gasteiger partial charge in [-0.1, -0.05) is 30.3 Å². The predicted octanol–water partition coefficient (Wildman–Crippen LogP) is 2.18. The lowest BCUT2D eigenvalue weighted by molar-refractivity contribution is 0.294. The summed E-state index contributed by atoms with van der Waals surface area (Å²) in [4.78, 5) is 1.93. The third-order valence-electron chi connectivity index (χ3n) is 3.83. The molecule has 7 nitrogen and oxygen atoms in total. The maximum absolute atomic E-state index is 12.9. The smallest absolute Gasteiger partial charge is 0.274 e. The van der Waals surface area contributed by atoms with Crippen molar-refractivity contribution in [2.45, 2.75) is 11.5 Å². The zero-order valence-corrected chi connectivity index (χ0v) is 13.6. The van der Waals surface area contributed by atoms with Crippen LogP contribution in [0.1, 0.15) is 5.82 Å². The summed E-state index contributed by atoms with van der Waals surface area (Å²) in [5.74, 6) is 1.12. The second-order valence-electron chi connectivity index (χ2n) is 5.31. The van der Waals surface area contributed by atoms with Gasteiger partial charge in [-0.25, -0.2) is 8.42 Å². The van der Waals surface area contributed by atoms with Crippen LogP contribution in [0.25, 0.3) is 0 Å². The van der Waals surface area contributed by atoms with Gasteiger partial charge < -0.3 is 9.64 Å². The van der Waals surface area contributed by atoms with E-state index in [0.717, 1.165) is 3.97 Å². The van der Waals surface area contributed by atoms with Crippen LogP contribution in [0.5, 0.6) is 5.75 Å². The number of para-hydroxylation sites is 2. The summed E-state index contributed by atoms with van der Waals surface area (Å²) in [6.07, 6.45) is 0. The Balaban J connectivity index is 1.76. The molecule has 0 spiro atoms. The van der Waals surface area contributed by atoms with Crippen molar-refractivity contribution in [2.75, 3.05) is 11.9 Å². The first-order valence-electron chi connectivity index (χ1n) is 7.29. The molecule has 0 bridgehead atoms. The first kappa shape index (κ1) is 14.7. The van der Waals surface area contributed by atoms with Gasteiger partial charge in [0.25, 0.3) is 10.0 Å². The molecule has 24 heavy (non-hydrogen) atoms. The van der Waals surface area contributed by atoms with E-state index in [2.05, 4.69) is 10.2 Å². The highest BCUT2D eigenvalue weighted by Gasteiger charge is 2.35. The molecule has 8 heteroatoms. The van der Waals surface area contributed by atoms with E-state index in [-0.39, 0.29) is 23.3 Å². The summed E-state index contributed by atoms with van der Waals surface area (Å²) < 4.78 is 32.6. The average molecular weight is 342 g/mol. The minimum atomic E-state index is -3.76. The van der Waals surface area contributed by atoms with Crippen LogP contribution in [-0.4, -0.2) is 29.6 Å². The second kappa shape index (κ2) is 5.34. The van der Waals surface area contributed by atoms with Crippen LogP contribution in [0.3, 0.4) is 0 Å². The molecule has 0 radical (unpaired) electrons. The number of fused-ring (bicyclic) bond motifs is 2. The Morgan fingerprint density at radius 2 is 1.71 bits per heavy atom. The molecule has 2 heterocycles. The lowest BCUT2D eigenvalue weighted by atomic mass is 10.3. The Morgan fingerprint density at radius 1 is 1.00 bits per heavy atom. The molecule has 0 saturated carbocycles. The van der Waals surface area contributed by atoms with Gasteiger partial charge in [0, 0.05) is 7.05 Å². The largest absolute Gasteiger partial charge is 0.486 e. The van der Waals surface area contributed by atoms with Gasteiger partial charge in [-0.3, -0.25) is 0 Å². The van der Waals surface area contributed by atoms with Gasteiger partial charge in [0.15, 0.2) is 5.82 Å². The van der Waals surface area contributed by atoms with E-state index in [1.807, 2.05) is 18.2 Å². The molecule has 0 unspecified atom stereocenters. The predicted molar refractivity (Wildman–Crippen MR) is 87.9 cm³/mol. The van der Waals surface area contributed by atoms with Crippen LogP contribution in [0, 0.1) is 0 Å². The molecule has 0 amide bonds. The van der Waals surface area contributed by atoms with Gasteiger partial charge in [0.05, 0.1) is 5.69 Å². The van der Waals surface area contributed by atoms with Crippen molar-refractivity contribution in [1.29, 1.82) is 0 Å². The lowest BCUT2D eigenvalue weighted by Gasteiger charge is -2.27. The highest BCUT2D eigenvalue weighted by Crippen LogP contribution is 2.37. The normalized spacial score (nSPS) is 14.8. The Kier molecular flexibility index (Phi) is 3.27. The summed E-state index contributed by atoms with van der Waals surface area (Å²) in [7, 11) is -2.00. The van der Waals surface area contributed by atoms with Crippen molar-refractivity contribution in [2.24, 2.45) is 0 Å². The fraction of sp³-hybridized carbons (Fsp3) is 0.125. The van der Waals surface area contributed by atoms with Crippen molar-refractivity contribution in [3.05, 3.63) is 60.4 Å². The molecule has 1 aromatic heterocycles. The molecule has 2 aromatic carbocycles. The number of anilines is 2. The summed E-state index contributed by atoms with van der Waals surface area (Å²) in [5, 5.41) is 8.03. The minimum absolute atomic E-state index is 0.00620. The highest BCUT2D eigenvalue weighted by molar-refractivity contribution is 7.90. The molecule has 0 aliphatic carbocycles. The maximum Gasteiger partial charge on any atom is 0.274 e. The van der Waals surface area contributed by atoms with Crippen LogP contribution < -0.4 is 9.64 Å². The van der Waals surface area contributed by atoms with Crippen molar-refractivity contribution < 1.29 is 13.2 Å². The Labute approximate surface area is 139 Å². The van der Waals surface area contributed by atoms with Crippen LogP contribution in [-0.2, 0) is 16.6 Å². The number of aromatic nitrogens is 3. The topological polar surface area (TPSA) is 77.3 Å². The summed E-state index contributed by atoms with van der Waals surface area (Å²) in [6.45, 7) is 0.00620. The fourth-order valence-electron chi connectivity index (χ4n) is 2.66. The van der Waals surface area contributed by atoms with Gasteiger partial charge in [-0.15, -0.1) is 10.2 Å². The van der Waals surface area contributed by atoms with E-state index in [0.29, 0.717) is 11.4 Å². The lowest BCUT2D eigenvalue weighted by Crippen LogP contribution is -2.29. The van der Waals surface area contributed by atoms with Crippen molar-refractivity contribution >= 4 is 21.7 Å². The quantitative estimate of drug-likeness (QED) is 0.726. The molecular weight excluding hydrogens is 328 g/mol. The molecule has 122 valence electrons. The molecule has 3 aromatic rings. The van der Waals surface area contributed by atoms with Crippen molar-refractivity contribution in [3.63, 3.8) is 0 Å². The maximum atomic E-state index is 12.9. The van der Waals surface area contributed by atoms with Crippen LogP contribution in [0.4, 0.5) is 11.6 Å². The van der Waals surface area contributed by atoms with Crippen LogP contribution in [0.15, 0.2) is 59.5 Å². The number of hydrogen-bond donors (Lipinski definition) is 0. The molecule has 0 fully saturated rings. The Bertz CT molecular complexity index is 999. The fourth-order valence-corrected chi connectivity index (χ4v) is 4.32. The second-order valence-corrected chi connectivity index (χ2v) is 7.07. The number of benzene rings is 2. The number of nitrogens with zero attached hydrogens (tertiary/aromatic N) is 4. The van der Waals surface area contributed by atoms with Gasteiger partial charge in [0.2, 0.25) is 5.95 Å². The van der Waals surface area contributed by atoms with Crippen molar-refractivity contribution in [3.8, 4) is 5.75 Å². The third-order valence-corrected chi connectivity index (χ3v) is 5.58. The highest BCUT2D eigenvalue weighted by atomic mass is 32.2. The molecular formula is C16H14N4O3S. The number of rotatable bonds is 3. The first-order chi connectivity index (χ1) is 11.6. The molecule has 4 rings (SSSR count). The van der Waals surface area contributed by atoms with Crippen molar-refractivity contribution in [1.82, 2.24) is 14.2 Å². The minimum Gasteiger partial charge on any atom is -0.486 e. The van der Waals surface area contributed by atoms with E-state index in [4.69, 9.17) is 4.74 Å². The van der Waals surface area contributed by atoms with Gasteiger partial charge >= 0.3 is 0 Å². The van der Waals surface area contributed by atoms with E-state index >= 15 is 0 Å². The summed E-state index contributed by atoms with van der Waals surface area (Å²) in [5.41, 5.74) is 0.577. The number of hydrogen-bond acceptors (Lipinski definition) is 6. The van der Waals surface area contributed by atoms with Crippen LogP contribution in [0.2, 0.25) is 0 Å². The van der Waals surface area contributed by atoms with E-state index in [9.17, 15) is 8.42 Å². The standard InChI is InChI=1S/C16H14N4O3S/c1-19-13-9-5-6-10-14(13)24(21,22)20-15(17-18-16(19)20)11-23-12-7-3-2-4-8-12/h2-10H,11H2,1H3. The Hall–Kier alpha value is -2.87. The summed E-state index contributed by atoms with van der Waals surface area (Å²) >= 11 is 0. The van der Waals surface area contributed by atoms with E-state index < -0.39 is 10.0 Å². The molecule has 1 aliphatic rings. The first-order valence-corrected chi connectivity index (χ1v) is 8.73. The molecule has 1 aliphatic heterocycles. The SMILES string of the molecule is CN1c2ccccc2S(=O)(=O)n2c(COc3ccccc3)nnc21. The van der Waals surface area contributed by atoms with Gasteiger partial charge in [-0.2, -0.15) is 3.97 Å². The third kappa shape index (κ3) is 2.15. The molecule has 0 atom stereocenters. The molecule has 0 N–H and O–H groups in total. The van der Waals surface area contributed by atoms with Crippen LogP contribution >= 0.6 is 0 Å². The van der Waals surface area contributed by atoms with E-state index in [1.54, 1.807) is 48.3 Å². The zero-order valence-electron chi connectivity index (χ0n) is 12.8.